The van der Waals surface area contributed by atoms with Gasteiger partial charge < -0.3 is 5.32 Å². The summed E-state index contributed by atoms with van der Waals surface area (Å²) in [7, 11) is 0. The van der Waals surface area contributed by atoms with Crippen molar-refractivity contribution in [1.82, 2.24) is 0 Å². The first-order valence-corrected chi connectivity index (χ1v) is 8.06. The Morgan fingerprint density at radius 1 is 1.26 bits per heavy atom. The summed E-state index contributed by atoms with van der Waals surface area (Å²) in [6.07, 6.45) is 2.34. The lowest BCUT2D eigenvalue weighted by Crippen LogP contribution is -2.19. The lowest BCUT2D eigenvalue weighted by atomic mass is 9.87. The van der Waals surface area contributed by atoms with E-state index < -0.39 is 0 Å². The van der Waals surface area contributed by atoms with Crippen molar-refractivity contribution in [2.45, 2.75) is 52.0 Å². The Morgan fingerprint density at radius 3 is 2.53 bits per heavy atom. The van der Waals surface area contributed by atoms with Gasteiger partial charge in [-0.25, -0.2) is 0 Å². The zero-order valence-corrected chi connectivity index (χ0v) is 13.2. The molecule has 2 nitrogen and oxygen atoms in total. The Balaban J connectivity index is 2.06. The van der Waals surface area contributed by atoms with E-state index in [4.69, 9.17) is 4.99 Å². The largest absolute Gasteiger partial charge is 0.335 e. The van der Waals surface area contributed by atoms with Crippen molar-refractivity contribution in [2.24, 2.45) is 4.99 Å². The molecule has 1 aromatic rings. The van der Waals surface area contributed by atoms with Crippen molar-refractivity contribution < 1.29 is 0 Å². The molecule has 0 spiro atoms. The van der Waals surface area contributed by atoms with Crippen LogP contribution in [0.2, 0.25) is 0 Å². The molecule has 1 aromatic carbocycles. The van der Waals surface area contributed by atoms with Crippen LogP contribution < -0.4 is 5.32 Å². The molecule has 104 valence electrons. The molecule has 0 aliphatic carbocycles. The Morgan fingerprint density at radius 2 is 1.95 bits per heavy atom. The van der Waals surface area contributed by atoms with Gasteiger partial charge in [-0.3, -0.25) is 4.99 Å². The molecule has 3 heteroatoms. The predicted molar refractivity (Wildman–Crippen MR) is 87.4 cm³/mol. The van der Waals surface area contributed by atoms with E-state index in [1.165, 1.54) is 17.7 Å². The van der Waals surface area contributed by atoms with Crippen LogP contribution in [0, 0.1) is 0 Å². The van der Waals surface area contributed by atoms with Gasteiger partial charge in [0.25, 0.3) is 0 Å². The zero-order valence-electron chi connectivity index (χ0n) is 12.4. The number of anilines is 1. The first kappa shape index (κ1) is 14.4. The maximum absolute atomic E-state index is 4.74. The molecule has 1 unspecified atom stereocenters. The Bertz CT molecular complexity index is 443. The van der Waals surface area contributed by atoms with Crippen molar-refractivity contribution in [3.63, 3.8) is 0 Å². The average Bonchev–Trinajstić information content (AvgIpc) is 2.38. The van der Waals surface area contributed by atoms with Crippen LogP contribution in [0.3, 0.4) is 0 Å². The molecule has 0 amide bonds. The molecule has 1 heterocycles. The van der Waals surface area contributed by atoms with Gasteiger partial charge in [0.05, 0.1) is 6.04 Å². The first-order valence-electron chi connectivity index (χ1n) is 7.07. The summed E-state index contributed by atoms with van der Waals surface area (Å²) < 4.78 is 0. The molecular weight excluding hydrogens is 252 g/mol. The normalized spacial score (nSPS) is 20.0. The number of benzene rings is 1. The number of thioether (sulfide) groups is 1. The average molecular weight is 276 g/mol. The molecule has 1 N–H and O–H groups in total. The van der Waals surface area contributed by atoms with Gasteiger partial charge in [0.15, 0.2) is 5.17 Å². The maximum atomic E-state index is 4.74. The third-order valence-corrected chi connectivity index (χ3v) is 4.38. The van der Waals surface area contributed by atoms with Crippen molar-refractivity contribution in [1.29, 1.82) is 0 Å². The topological polar surface area (TPSA) is 24.4 Å². The predicted octanol–water partition coefficient (Wildman–Crippen LogP) is 4.67. The van der Waals surface area contributed by atoms with Crippen LogP contribution in [0.5, 0.6) is 0 Å². The number of rotatable bonds is 2. The molecule has 0 fully saturated rings. The molecule has 0 saturated heterocycles. The van der Waals surface area contributed by atoms with Crippen LogP contribution in [-0.2, 0) is 5.41 Å². The van der Waals surface area contributed by atoms with Crippen LogP contribution in [0.1, 0.15) is 46.1 Å². The van der Waals surface area contributed by atoms with Gasteiger partial charge in [0.1, 0.15) is 0 Å². The van der Waals surface area contributed by atoms with Gasteiger partial charge in [-0.05, 0) is 36.0 Å². The van der Waals surface area contributed by atoms with Crippen LogP contribution in [0.15, 0.2) is 29.3 Å². The fourth-order valence-electron chi connectivity index (χ4n) is 2.10. The van der Waals surface area contributed by atoms with Crippen LogP contribution in [-0.4, -0.2) is 17.0 Å². The second-order valence-corrected chi connectivity index (χ2v) is 7.17. The Labute approximate surface area is 121 Å². The van der Waals surface area contributed by atoms with E-state index in [2.05, 4.69) is 57.3 Å². The van der Waals surface area contributed by atoms with Gasteiger partial charge in [-0.1, -0.05) is 51.6 Å². The number of nitrogens with zero attached hydrogens (tertiary/aromatic N) is 1. The highest BCUT2D eigenvalue weighted by Crippen LogP contribution is 2.25. The smallest absolute Gasteiger partial charge is 0.161 e. The third-order valence-electron chi connectivity index (χ3n) is 3.46. The molecule has 2 rings (SSSR count). The summed E-state index contributed by atoms with van der Waals surface area (Å²) in [6, 6.07) is 9.21. The number of nitrogens with one attached hydrogen (secondary N) is 1. The second-order valence-electron chi connectivity index (χ2n) is 6.09. The number of aliphatic imine (C=N–C) groups is 1. The van der Waals surface area contributed by atoms with Crippen molar-refractivity contribution in [2.75, 3.05) is 11.1 Å². The summed E-state index contributed by atoms with van der Waals surface area (Å²) in [4.78, 5) is 4.74. The number of hydrogen-bond acceptors (Lipinski definition) is 3. The van der Waals surface area contributed by atoms with E-state index in [0.29, 0.717) is 6.04 Å². The van der Waals surface area contributed by atoms with Gasteiger partial charge in [-0.2, -0.15) is 0 Å². The standard InChI is InChI=1S/C16H24N2S/c1-5-13-10-11-19-15(17-13)18-14-8-6-12(7-9-14)16(2,3)4/h6-9,13H,5,10-11H2,1-4H3,(H,17,18). The SMILES string of the molecule is CCC1CCSC(Nc2ccc(C(C)(C)C)cc2)=N1. The quantitative estimate of drug-likeness (QED) is 0.849. The molecule has 0 saturated carbocycles. The first-order chi connectivity index (χ1) is 8.99. The zero-order chi connectivity index (χ0) is 13.9. The van der Waals surface area contributed by atoms with E-state index >= 15 is 0 Å². The molecular formula is C16H24N2S. The molecule has 0 aromatic heterocycles. The van der Waals surface area contributed by atoms with E-state index in [-0.39, 0.29) is 5.41 Å². The van der Waals surface area contributed by atoms with E-state index in [1.54, 1.807) is 0 Å². The maximum Gasteiger partial charge on any atom is 0.161 e. The highest BCUT2D eigenvalue weighted by molar-refractivity contribution is 8.14. The molecule has 0 radical (unpaired) electrons. The van der Waals surface area contributed by atoms with E-state index in [1.807, 2.05) is 11.8 Å². The highest BCUT2D eigenvalue weighted by atomic mass is 32.2. The van der Waals surface area contributed by atoms with Crippen molar-refractivity contribution >= 4 is 22.6 Å². The minimum Gasteiger partial charge on any atom is -0.335 e. The number of hydrogen-bond donors (Lipinski definition) is 1. The van der Waals surface area contributed by atoms with Gasteiger partial charge >= 0.3 is 0 Å². The van der Waals surface area contributed by atoms with Gasteiger partial charge in [0, 0.05) is 11.4 Å². The number of amidine groups is 1. The molecule has 1 aliphatic heterocycles. The minimum atomic E-state index is 0.211. The fraction of sp³-hybridized carbons (Fsp3) is 0.562. The lowest BCUT2D eigenvalue weighted by Gasteiger charge is -2.21. The summed E-state index contributed by atoms with van der Waals surface area (Å²) in [5.74, 6) is 1.17. The van der Waals surface area contributed by atoms with Crippen LogP contribution in [0.25, 0.3) is 0 Å². The van der Waals surface area contributed by atoms with Crippen LogP contribution >= 0.6 is 11.8 Å². The van der Waals surface area contributed by atoms with Gasteiger partial charge in [0.2, 0.25) is 0 Å². The van der Waals surface area contributed by atoms with Crippen LogP contribution in [0.4, 0.5) is 5.69 Å². The Kier molecular flexibility index (Phi) is 4.56. The van der Waals surface area contributed by atoms with Crippen molar-refractivity contribution in [3.8, 4) is 0 Å². The second kappa shape index (κ2) is 6.00. The van der Waals surface area contributed by atoms with E-state index in [0.717, 1.165) is 17.3 Å². The summed E-state index contributed by atoms with van der Waals surface area (Å²) in [5.41, 5.74) is 2.71. The fourth-order valence-corrected chi connectivity index (χ4v) is 3.10. The van der Waals surface area contributed by atoms with E-state index in [9.17, 15) is 0 Å². The lowest BCUT2D eigenvalue weighted by molar-refractivity contribution is 0.590. The molecule has 1 aliphatic rings. The third kappa shape index (κ3) is 4.00. The monoisotopic (exact) mass is 276 g/mol. The summed E-state index contributed by atoms with van der Waals surface area (Å²) in [5, 5.41) is 4.51. The van der Waals surface area contributed by atoms with Crippen molar-refractivity contribution in [3.05, 3.63) is 29.8 Å². The minimum absolute atomic E-state index is 0.211. The molecule has 19 heavy (non-hydrogen) atoms. The summed E-state index contributed by atoms with van der Waals surface area (Å²) in [6.45, 7) is 8.92. The highest BCUT2D eigenvalue weighted by Gasteiger charge is 2.15. The van der Waals surface area contributed by atoms with Gasteiger partial charge in [-0.15, -0.1) is 0 Å². The Hall–Kier alpha value is -0.960. The summed E-state index contributed by atoms with van der Waals surface area (Å²) >= 11 is 1.83. The molecule has 1 atom stereocenters. The molecule has 0 bridgehead atoms.